The van der Waals surface area contributed by atoms with Crippen molar-refractivity contribution in [1.29, 1.82) is 0 Å². The van der Waals surface area contributed by atoms with Crippen LogP contribution in [0.2, 0.25) is 0 Å². The molecule has 2 heterocycles. The molecule has 2 unspecified atom stereocenters. The van der Waals surface area contributed by atoms with Crippen LogP contribution < -0.4 is 0 Å². The van der Waals surface area contributed by atoms with Gasteiger partial charge in [0.1, 0.15) is 0 Å². The second kappa shape index (κ2) is 4.47. The Balaban J connectivity index is 1.79. The number of benzene rings is 1. The SMILES string of the molecule is CC1CCCC(C)C1[N+]1=Cc2cccc3ccn(c23)C1. The molecule has 20 heavy (non-hydrogen) atoms. The van der Waals surface area contributed by atoms with Crippen molar-refractivity contribution in [3.8, 4) is 0 Å². The van der Waals surface area contributed by atoms with Crippen LogP contribution in [0.25, 0.3) is 10.9 Å². The minimum Gasteiger partial charge on any atom is -0.291 e. The highest BCUT2D eigenvalue weighted by molar-refractivity contribution is 5.97. The number of nitrogens with zero attached hydrogens (tertiary/aromatic N) is 2. The van der Waals surface area contributed by atoms with E-state index in [0.29, 0.717) is 6.04 Å². The molecule has 0 saturated heterocycles. The van der Waals surface area contributed by atoms with Crippen molar-refractivity contribution in [2.75, 3.05) is 0 Å². The van der Waals surface area contributed by atoms with Crippen LogP contribution in [-0.4, -0.2) is 21.4 Å². The lowest BCUT2D eigenvalue weighted by molar-refractivity contribution is -0.608. The first kappa shape index (κ1) is 12.2. The van der Waals surface area contributed by atoms with Crippen molar-refractivity contribution in [2.45, 2.75) is 45.8 Å². The van der Waals surface area contributed by atoms with Gasteiger partial charge in [-0.25, -0.2) is 4.58 Å². The minimum atomic E-state index is 0.689. The predicted octanol–water partition coefficient (Wildman–Crippen LogP) is 3.87. The fraction of sp³-hybridized carbons (Fsp3) is 0.500. The van der Waals surface area contributed by atoms with Crippen molar-refractivity contribution >= 4 is 17.1 Å². The molecule has 0 spiro atoms. The van der Waals surface area contributed by atoms with Gasteiger partial charge >= 0.3 is 0 Å². The zero-order valence-electron chi connectivity index (χ0n) is 12.4. The molecule has 4 rings (SSSR count). The van der Waals surface area contributed by atoms with Gasteiger partial charge in [0, 0.05) is 23.4 Å². The molecule has 104 valence electrons. The van der Waals surface area contributed by atoms with E-state index in [1.165, 1.54) is 35.7 Å². The summed E-state index contributed by atoms with van der Waals surface area (Å²) in [5, 5.41) is 1.36. The first-order valence-electron chi connectivity index (χ1n) is 7.92. The molecule has 2 aromatic rings. The lowest BCUT2D eigenvalue weighted by Gasteiger charge is -2.33. The molecule has 2 nitrogen and oxygen atoms in total. The van der Waals surface area contributed by atoms with Crippen LogP contribution in [0.15, 0.2) is 30.5 Å². The highest BCUT2D eigenvalue weighted by Crippen LogP contribution is 2.33. The number of hydrogen-bond donors (Lipinski definition) is 0. The third kappa shape index (κ3) is 1.74. The molecule has 1 aliphatic carbocycles. The molecule has 1 fully saturated rings. The van der Waals surface area contributed by atoms with Crippen molar-refractivity contribution in [2.24, 2.45) is 11.8 Å². The molecule has 0 amide bonds. The standard InChI is InChI=1S/C18H23N2/c1-13-5-3-6-14(2)17(13)20-11-16-8-4-7-15-9-10-19(12-20)18(15)16/h4,7-11,13-14,17H,3,5-6,12H2,1-2H3/q+1. The van der Waals surface area contributed by atoms with Crippen molar-refractivity contribution < 1.29 is 4.58 Å². The zero-order chi connectivity index (χ0) is 13.7. The Morgan fingerprint density at radius 3 is 2.70 bits per heavy atom. The lowest BCUT2D eigenvalue weighted by atomic mass is 9.78. The summed E-state index contributed by atoms with van der Waals surface area (Å²) < 4.78 is 5.01. The van der Waals surface area contributed by atoms with E-state index in [0.717, 1.165) is 18.5 Å². The quantitative estimate of drug-likeness (QED) is 0.693. The molecular weight excluding hydrogens is 244 g/mol. The summed E-state index contributed by atoms with van der Waals surface area (Å²) >= 11 is 0. The molecular formula is C18H23N2+. The minimum absolute atomic E-state index is 0.689. The van der Waals surface area contributed by atoms with E-state index in [-0.39, 0.29) is 0 Å². The van der Waals surface area contributed by atoms with Gasteiger partial charge in [-0.3, -0.25) is 4.57 Å². The molecule has 2 atom stereocenters. The largest absolute Gasteiger partial charge is 0.291 e. The molecule has 2 heteroatoms. The highest BCUT2D eigenvalue weighted by Gasteiger charge is 2.37. The first-order valence-corrected chi connectivity index (χ1v) is 7.92. The Hall–Kier alpha value is -1.57. The maximum Gasteiger partial charge on any atom is 0.222 e. The second-order valence-corrected chi connectivity index (χ2v) is 6.73. The zero-order valence-corrected chi connectivity index (χ0v) is 12.4. The number of para-hydroxylation sites is 1. The number of aromatic nitrogens is 1. The summed E-state index contributed by atoms with van der Waals surface area (Å²) in [7, 11) is 0. The van der Waals surface area contributed by atoms with E-state index in [9.17, 15) is 0 Å². The van der Waals surface area contributed by atoms with Crippen LogP contribution in [0.1, 0.15) is 38.7 Å². The van der Waals surface area contributed by atoms with E-state index >= 15 is 0 Å². The van der Waals surface area contributed by atoms with Gasteiger partial charge in [0.15, 0.2) is 12.3 Å². The molecule has 0 radical (unpaired) electrons. The molecule has 1 saturated carbocycles. The van der Waals surface area contributed by atoms with Crippen molar-refractivity contribution in [3.63, 3.8) is 0 Å². The monoisotopic (exact) mass is 267 g/mol. The van der Waals surface area contributed by atoms with Crippen LogP contribution in [-0.2, 0) is 6.67 Å². The Bertz CT molecular complexity index is 670. The molecule has 0 bridgehead atoms. The Morgan fingerprint density at radius 1 is 1.10 bits per heavy atom. The summed E-state index contributed by atoms with van der Waals surface area (Å²) in [5.41, 5.74) is 2.78. The number of hydrogen-bond acceptors (Lipinski definition) is 0. The average Bonchev–Trinajstić information content (AvgIpc) is 2.84. The van der Waals surface area contributed by atoms with E-state index in [2.05, 4.69) is 59.7 Å². The Morgan fingerprint density at radius 2 is 1.90 bits per heavy atom. The van der Waals surface area contributed by atoms with Crippen LogP contribution in [0.5, 0.6) is 0 Å². The average molecular weight is 267 g/mol. The summed E-state index contributed by atoms with van der Waals surface area (Å²) in [6.07, 6.45) is 8.80. The Kier molecular flexibility index (Phi) is 2.73. The third-order valence-electron chi connectivity index (χ3n) is 5.31. The lowest BCUT2D eigenvalue weighted by Crippen LogP contribution is -2.42. The van der Waals surface area contributed by atoms with Gasteiger partial charge in [-0.2, -0.15) is 0 Å². The van der Waals surface area contributed by atoms with Crippen LogP contribution in [0.3, 0.4) is 0 Å². The molecule has 1 aliphatic heterocycles. The maximum absolute atomic E-state index is 2.59. The van der Waals surface area contributed by atoms with E-state index in [4.69, 9.17) is 0 Å². The van der Waals surface area contributed by atoms with E-state index in [1.807, 2.05) is 0 Å². The molecule has 1 aromatic heterocycles. The van der Waals surface area contributed by atoms with Gasteiger partial charge in [0.25, 0.3) is 0 Å². The summed E-state index contributed by atoms with van der Waals surface area (Å²) in [5.74, 6) is 1.60. The smallest absolute Gasteiger partial charge is 0.222 e. The fourth-order valence-electron chi connectivity index (χ4n) is 4.41. The number of rotatable bonds is 1. The van der Waals surface area contributed by atoms with Gasteiger partial charge in [-0.05, 0) is 25.0 Å². The van der Waals surface area contributed by atoms with Gasteiger partial charge in [0.05, 0.1) is 11.1 Å². The molecule has 1 aromatic carbocycles. The highest BCUT2D eigenvalue weighted by atomic mass is 15.2. The topological polar surface area (TPSA) is 7.94 Å². The third-order valence-corrected chi connectivity index (χ3v) is 5.31. The Labute approximate surface area is 120 Å². The fourth-order valence-corrected chi connectivity index (χ4v) is 4.41. The van der Waals surface area contributed by atoms with Crippen molar-refractivity contribution in [3.05, 3.63) is 36.0 Å². The van der Waals surface area contributed by atoms with Gasteiger partial charge in [0.2, 0.25) is 6.67 Å². The van der Waals surface area contributed by atoms with Gasteiger partial charge in [-0.15, -0.1) is 0 Å². The van der Waals surface area contributed by atoms with Crippen molar-refractivity contribution in [1.82, 2.24) is 4.57 Å². The maximum atomic E-state index is 2.59. The van der Waals surface area contributed by atoms with E-state index < -0.39 is 0 Å². The normalized spacial score (nSPS) is 29.5. The first-order chi connectivity index (χ1) is 9.74. The molecule has 0 N–H and O–H groups in total. The van der Waals surface area contributed by atoms with E-state index in [1.54, 1.807) is 0 Å². The van der Waals surface area contributed by atoms with Crippen LogP contribution in [0.4, 0.5) is 0 Å². The van der Waals surface area contributed by atoms with Gasteiger partial charge in [-0.1, -0.05) is 32.4 Å². The summed E-state index contributed by atoms with van der Waals surface area (Å²) in [4.78, 5) is 0. The summed E-state index contributed by atoms with van der Waals surface area (Å²) in [6, 6.07) is 9.57. The van der Waals surface area contributed by atoms with Crippen LogP contribution in [0, 0.1) is 11.8 Å². The molecule has 2 aliphatic rings. The van der Waals surface area contributed by atoms with Gasteiger partial charge < -0.3 is 0 Å². The summed E-state index contributed by atoms with van der Waals surface area (Å²) in [6.45, 7) is 5.87. The second-order valence-electron chi connectivity index (χ2n) is 6.73. The predicted molar refractivity (Wildman–Crippen MR) is 83.3 cm³/mol. The van der Waals surface area contributed by atoms with Crippen LogP contribution >= 0.6 is 0 Å².